The van der Waals surface area contributed by atoms with Gasteiger partial charge in [-0.05, 0) is 67.7 Å². The first kappa shape index (κ1) is 15.8. The van der Waals surface area contributed by atoms with E-state index in [1.165, 1.54) is 52.7 Å². The van der Waals surface area contributed by atoms with Gasteiger partial charge in [0.1, 0.15) is 0 Å². The van der Waals surface area contributed by atoms with Crippen molar-refractivity contribution in [2.45, 2.75) is 45.7 Å². The Kier molecular flexibility index (Phi) is 3.71. The smallest absolute Gasteiger partial charge is 0.0529 e. The van der Waals surface area contributed by atoms with Crippen molar-refractivity contribution in [2.24, 2.45) is 0 Å². The van der Waals surface area contributed by atoms with Crippen molar-refractivity contribution in [1.82, 2.24) is 14.5 Å². The molecule has 0 N–H and O–H groups in total. The van der Waals surface area contributed by atoms with Crippen molar-refractivity contribution in [1.29, 1.82) is 0 Å². The van der Waals surface area contributed by atoms with Crippen LogP contribution in [0.15, 0.2) is 42.7 Å². The Hall–Kier alpha value is -2.39. The van der Waals surface area contributed by atoms with E-state index >= 15 is 0 Å². The predicted octanol–water partition coefficient (Wildman–Crippen LogP) is 4.88. The van der Waals surface area contributed by atoms with Crippen molar-refractivity contribution in [3.05, 3.63) is 65.1 Å². The molecule has 132 valence electrons. The fourth-order valence-corrected chi connectivity index (χ4v) is 4.31. The summed E-state index contributed by atoms with van der Waals surface area (Å²) in [6.45, 7) is 6.69. The van der Waals surface area contributed by atoms with Crippen LogP contribution in [0.2, 0.25) is 0 Å². The number of fused-ring (bicyclic) bond motifs is 3. The van der Waals surface area contributed by atoms with Gasteiger partial charge in [-0.2, -0.15) is 0 Å². The van der Waals surface area contributed by atoms with Crippen molar-refractivity contribution in [2.75, 3.05) is 6.54 Å². The number of aromatic nitrogens is 2. The van der Waals surface area contributed by atoms with Gasteiger partial charge in [-0.25, -0.2) is 0 Å². The molecule has 0 bridgehead atoms. The Morgan fingerprint density at radius 3 is 2.73 bits per heavy atom. The lowest BCUT2D eigenvalue weighted by molar-refractivity contribution is 0.243. The van der Waals surface area contributed by atoms with Gasteiger partial charge in [0.15, 0.2) is 0 Å². The highest BCUT2D eigenvalue weighted by Gasteiger charge is 2.33. The van der Waals surface area contributed by atoms with E-state index in [0.29, 0.717) is 0 Å². The Labute approximate surface area is 155 Å². The minimum absolute atomic E-state index is 0.834. The van der Waals surface area contributed by atoms with Gasteiger partial charge in [0.2, 0.25) is 0 Å². The SMILES string of the molecule is CC(=Cn1c2c(c3cc(C)ccc31)CN(C1CC1)CC2)c1ccncc1. The first-order valence-electron chi connectivity index (χ1n) is 9.66. The summed E-state index contributed by atoms with van der Waals surface area (Å²) in [4.78, 5) is 6.83. The molecule has 5 rings (SSSR count). The summed E-state index contributed by atoms with van der Waals surface area (Å²) in [5, 5.41) is 1.43. The zero-order valence-electron chi connectivity index (χ0n) is 15.6. The molecule has 0 spiro atoms. The molecule has 0 radical (unpaired) electrons. The van der Waals surface area contributed by atoms with E-state index in [9.17, 15) is 0 Å². The van der Waals surface area contributed by atoms with E-state index in [2.05, 4.69) is 64.8 Å². The second-order valence-electron chi connectivity index (χ2n) is 7.82. The van der Waals surface area contributed by atoms with Gasteiger partial charge in [0, 0.05) is 55.2 Å². The number of benzene rings is 1. The topological polar surface area (TPSA) is 21.1 Å². The normalized spacial score (nSPS) is 18.3. The first-order chi connectivity index (χ1) is 12.7. The van der Waals surface area contributed by atoms with Crippen LogP contribution in [-0.4, -0.2) is 27.0 Å². The van der Waals surface area contributed by atoms with E-state index in [-0.39, 0.29) is 0 Å². The Balaban J connectivity index is 1.66. The molecule has 1 saturated carbocycles. The maximum absolute atomic E-state index is 4.15. The molecule has 3 aromatic rings. The molecule has 0 atom stereocenters. The molecule has 3 heterocycles. The van der Waals surface area contributed by atoms with Gasteiger partial charge in [-0.15, -0.1) is 0 Å². The summed E-state index contributed by atoms with van der Waals surface area (Å²) in [5.41, 5.74) is 8.23. The number of aryl methyl sites for hydroxylation is 1. The monoisotopic (exact) mass is 343 g/mol. The van der Waals surface area contributed by atoms with E-state index in [0.717, 1.165) is 19.0 Å². The average Bonchev–Trinajstić information content (AvgIpc) is 3.48. The standard InChI is InChI=1S/C23H25N3/c1-16-3-6-22-20(13-16)21-15-25(19-4-5-19)12-9-23(21)26(22)14-17(2)18-7-10-24-11-8-18/h3,6-8,10-11,13-14,19H,4-5,9,12,15H2,1-2H3. The van der Waals surface area contributed by atoms with Crippen LogP contribution in [0.4, 0.5) is 0 Å². The minimum Gasteiger partial charge on any atom is -0.320 e. The molecule has 1 aliphatic carbocycles. The lowest BCUT2D eigenvalue weighted by Crippen LogP contribution is -2.32. The summed E-state index contributed by atoms with van der Waals surface area (Å²) >= 11 is 0. The van der Waals surface area contributed by atoms with Crippen molar-refractivity contribution in [3.8, 4) is 0 Å². The first-order valence-corrected chi connectivity index (χ1v) is 9.66. The summed E-state index contributed by atoms with van der Waals surface area (Å²) < 4.78 is 2.45. The van der Waals surface area contributed by atoms with E-state index < -0.39 is 0 Å². The fourth-order valence-electron chi connectivity index (χ4n) is 4.31. The van der Waals surface area contributed by atoms with Gasteiger partial charge in [0.25, 0.3) is 0 Å². The predicted molar refractivity (Wildman–Crippen MR) is 108 cm³/mol. The van der Waals surface area contributed by atoms with E-state index in [4.69, 9.17) is 0 Å². The van der Waals surface area contributed by atoms with Crippen molar-refractivity contribution in [3.63, 3.8) is 0 Å². The lowest BCUT2D eigenvalue weighted by Gasteiger charge is -2.27. The molecule has 2 aromatic heterocycles. The maximum atomic E-state index is 4.15. The summed E-state index contributed by atoms with van der Waals surface area (Å²) in [6, 6.07) is 11.9. The van der Waals surface area contributed by atoms with Crippen LogP contribution in [0.5, 0.6) is 0 Å². The lowest BCUT2D eigenvalue weighted by atomic mass is 10.0. The van der Waals surface area contributed by atoms with Gasteiger partial charge >= 0.3 is 0 Å². The molecule has 0 amide bonds. The van der Waals surface area contributed by atoms with E-state index in [1.54, 1.807) is 5.56 Å². The molecule has 3 nitrogen and oxygen atoms in total. The summed E-state index contributed by atoms with van der Waals surface area (Å²) in [6.07, 6.45) is 9.96. The van der Waals surface area contributed by atoms with Crippen molar-refractivity contribution >= 4 is 22.7 Å². The summed E-state index contributed by atoms with van der Waals surface area (Å²) in [7, 11) is 0. The maximum Gasteiger partial charge on any atom is 0.0529 e. The molecular weight excluding hydrogens is 318 g/mol. The highest BCUT2D eigenvalue weighted by Crippen LogP contribution is 2.37. The van der Waals surface area contributed by atoms with Crippen LogP contribution >= 0.6 is 0 Å². The quantitative estimate of drug-likeness (QED) is 0.675. The number of allylic oxidation sites excluding steroid dienone is 1. The van der Waals surface area contributed by atoms with E-state index in [1.807, 2.05) is 12.4 Å². The molecule has 2 aliphatic rings. The van der Waals surface area contributed by atoms with Crippen LogP contribution in [0.25, 0.3) is 22.7 Å². The number of nitrogens with zero attached hydrogens (tertiary/aromatic N) is 3. The Morgan fingerprint density at radius 1 is 1.15 bits per heavy atom. The largest absolute Gasteiger partial charge is 0.320 e. The molecule has 1 fully saturated rings. The fraction of sp³-hybridized carbons (Fsp3) is 0.348. The van der Waals surface area contributed by atoms with Crippen LogP contribution in [-0.2, 0) is 13.0 Å². The van der Waals surface area contributed by atoms with Crippen LogP contribution in [0.1, 0.15) is 42.1 Å². The van der Waals surface area contributed by atoms with Crippen LogP contribution < -0.4 is 0 Å². The average molecular weight is 343 g/mol. The number of rotatable bonds is 3. The molecule has 0 saturated heterocycles. The van der Waals surface area contributed by atoms with Gasteiger partial charge in [-0.1, -0.05) is 11.6 Å². The molecule has 3 heteroatoms. The molecule has 1 aliphatic heterocycles. The Bertz CT molecular complexity index is 993. The second kappa shape index (κ2) is 6.10. The zero-order chi connectivity index (χ0) is 17.7. The van der Waals surface area contributed by atoms with Gasteiger partial charge in [0.05, 0.1) is 5.52 Å². The highest BCUT2D eigenvalue weighted by atomic mass is 15.2. The Morgan fingerprint density at radius 2 is 1.96 bits per heavy atom. The highest BCUT2D eigenvalue weighted by molar-refractivity contribution is 5.90. The number of hydrogen-bond donors (Lipinski definition) is 0. The van der Waals surface area contributed by atoms with Gasteiger partial charge < -0.3 is 4.57 Å². The number of hydrogen-bond acceptors (Lipinski definition) is 2. The number of pyridine rings is 1. The molecule has 1 aromatic carbocycles. The van der Waals surface area contributed by atoms with Crippen LogP contribution in [0, 0.1) is 6.92 Å². The van der Waals surface area contributed by atoms with Gasteiger partial charge in [-0.3, -0.25) is 9.88 Å². The molecule has 0 unspecified atom stereocenters. The minimum atomic E-state index is 0.834. The molecular formula is C23H25N3. The second-order valence-corrected chi connectivity index (χ2v) is 7.82. The molecule has 26 heavy (non-hydrogen) atoms. The third-order valence-electron chi connectivity index (χ3n) is 5.89. The third kappa shape index (κ3) is 2.67. The van der Waals surface area contributed by atoms with Crippen molar-refractivity contribution < 1.29 is 0 Å². The summed E-state index contributed by atoms with van der Waals surface area (Å²) in [5.74, 6) is 0. The third-order valence-corrected chi connectivity index (χ3v) is 5.89. The van der Waals surface area contributed by atoms with Crippen LogP contribution in [0.3, 0.4) is 0 Å². The zero-order valence-corrected chi connectivity index (χ0v) is 15.6.